The van der Waals surface area contributed by atoms with E-state index in [4.69, 9.17) is 11.6 Å². The highest BCUT2D eigenvalue weighted by atomic mass is 35.5. The lowest BCUT2D eigenvalue weighted by atomic mass is 10.1. The summed E-state index contributed by atoms with van der Waals surface area (Å²) in [6.45, 7) is 10.1. The van der Waals surface area contributed by atoms with Gasteiger partial charge in [-0.2, -0.15) is 0 Å². The molecule has 0 N–H and O–H groups in total. The topological polar surface area (TPSA) is 0 Å². The summed E-state index contributed by atoms with van der Waals surface area (Å²) >= 11 is 5.72. The highest BCUT2D eigenvalue weighted by Gasteiger charge is 1.90. The molecule has 0 aliphatic carbocycles. The van der Waals surface area contributed by atoms with Crippen molar-refractivity contribution in [3.05, 3.63) is 47.5 Å². The predicted octanol–water partition coefficient (Wildman–Crippen LogP) is 3.76. The molecule has 0 bridgehead atoms. The summed E-state index contributed by atoms with van der Waals surface area (Å²) in [5.41, 5.74) is 2.54. The van der Waals surface area contributed by atoms with E-state index in [1.807, 2.05) is 18.2 Å². The molecule has 0 fully saturated rings. The lowest BCUT2D eigenvalue weighted by molar-refractivity contribution is 1.34. The molecule has 11 heavy (non-hydrogen) atoms. The molecule has 1 aromatic rings. The molecular weight excluding hydrogens is 156 g/mol. The van der Waals surface area contributed by atoms with Crippen LogP contribution in [-0.4, -0.2) is 0 Å². The molecule has 0 aliphatic rings. The van der Waals surface area contributed by atoms with Crippen molar-refractivity contribution in [1.82, 2.24) is 0 Å². The molecule has 0 nitrogen and oxygen atoms in total. The van der Waals surface area contributed by atoms with Gasteiger partial charge in [-0.1, -0.05) is 17.7 Å². The van der Waals surface area contributed by atoms with Gasteiger partial charge in [-0.25, -0.2) is 0 Å². The van der Waals surface area contributed by atoms with E-state index >= 15 is 0 Å². The SMILES string of the molecule is C=C.Cc1ccc(Cl)cc1C. The third kappa shape index (κ3) is 3.24. The summed E-state index contributed by atoms with van der Waals surface area (Å²) < 4.78 is 0. The van der Waals surface area contributed by atoms with E-state index in [1.54, 1.807) is 0 Å². The number of hydrogen-bond donors (Lipinski definition) is 0. The first-order valence-corrected chi connectivity index (χ1v) is 3.80. The van der Waals surface area contributed by atoms with Gasteiger partial charge in [-0.15, -0.1) is 13.2 Å². The molecule has 0 aliphatic heterocycles. The lowest BCUT2D eigenvalue weighted by Crippen LogP contribution is -1.77. The van der Waals surface area contributed by atoms with Gasteiger partial charge in [-0.3, -0.25) is 0 Å². The van der Waals surface area contributed by atoms with Crippen molar-refractivity contribution in [3.8, 4) is 0 Å². The van der Waals surface area contributed by atoms with Gasteiger partial charge in [0.25, 0.3) is 0 Å². The minimum atomic E-state index is 0.818. The molecule has 0 atom stereocenters. The normalized spacial score (nSPS) is 8.27. The summed E-state index contributed by atoms with van der Waals surface area (Å²) in [5, 5.41) is 0.818. The van der Waals surface area contributed by atoms with Gasteiger partial charge < -0.3 is 0 Å². The van der Waals surface area contributed by atoms with E-state index in [-0.39, 0.29) is 0 Å². The van der Waals surface area contributed by atoms with Crippen LogP contribution in [-0.2, 0) is 0 Å². The lowest BCUT2D eigenvalue weighted by Gasteiger charge is -1.97. The van der Waals surface area contributed by atoms with E-state index in [9.17, 15) is 0 Å². The zero-order valence-electron chi connectivity index (χ0n) is 7.02. The Morgan fingerprint density at radius 2 is 1.64 bits per heavy atom. The first kappa shape index (κ1) is 10.2. The molecule has 1 aromatic carbocycles. The highest BCUT2D eigenvalue weighted by Crippen LogP contribution is 2.13. The molecule has 60 valence electrons. The van der Waals surface area contributed by atoms with Gasteiger partial charge >= 0.3 is 0 Å². The van der Waals surface area contributed by atoms with Crippen LogP contribution in [0.5, 0.6) is 0 Å². The Bertz CT molecular complexity index is 228. The monoisotopic (exact) mass is 168 g/mol. The van der Waals surface area contributed by atoms with E-state index < -0.39 is 0 Å². The third-order valence-electron chi connectivity index (χ3n) is 1.47. The summed E-state index contributed by atoms with van der Waals surface area (Å²) in [5.74, 6) is 0. The largest absolute Gasteiger partial charge is 0.106 e. The maximum absolute atomic E-state index is 5.72. The molecule has 0 amide bonds. The molecule has 1 rings (SSSR count). The van der Waals surface area contributed by atoms with Crippen LogP contribution in [0.25, 0.3) is 0 Å². The minimum Gasteiger partial charge on any atom is -0.106 e. The molecule has 0 radical (unpaired) electrons. The maximum atomic E-state index is 5.72. The van der Waals surface area contributed by atoms with Gasteiger partial charge in [0.2, 0.25) is 0 Å². The van der Waals surface area contributed by atoms with Crippen LogP contribution in [0.15, 0.2) is 31.4 Å². The van der Waals surface area contributed by atoms with Crippen LogP contribution in [0.3, 0.4) is 0 Å². The molecular formula is C10H13Cl. The summed E-state index contributed by atoms with van der Waals surface area (Å²) in [6, 6.07) is 5.90. The Kier molecular flexibility index (Phi) is 4.64. The van der Waals surface area contributed by atoms with E-state index in [2.05, 4.69) is 27.0 Å². The quantitative estimate of drug-likeness (QED) is 0.518. The second-order valence-corrected chi connectivity index (χ2v) is 2.67. The summed E-state index contributed by atoms with van der Waals surface area (Å²) in [6.07, 6.45) is 0. The highest BCUT2D eigenvalue weighted by molar-refractivity contribution is 6.30. The van der Waals surface area contributed by atoms with Crippen LogP contribution >= 0.6 is 11.6 Å². The van der Waals surface area contributed by atoms with Crippen LogP contribution in [0.1, 0.15) is 11.1 Å². The molecule has 0 aromatic heterocycles. The van der Waals surface area contributed by atoms with Crippen molar-refractivity contribution in [1.29, 1.82) is 0 Å². The average Bonchev–Trinajstić information content (AvgIpc) is 2.02. The van der Waals surface area contributed by atoms with Crippen molar-refractivity contribution in [2.24, 2.45) is 0 Å². The van der Waals surface area contributed by atoms with Crippen LogP contribution in [0.2, 0.25) is 5.02 Å². The summed E-state index contributed by atoms with van der Waals surface area (Å²) in [7, 11) is 0. The zero-order valence-corrected chi connectivity index (χ0v) is 7.78. The minimum absolute atomic E-state index is 0.818. The Labute approximate surface area is 73.5 Å². The van der Waals surface area contributed by atoms with Gasteiger partial charge in [0.05, 0.1) is 0 Å². The average molecular weight is 169 g/mol. The fourth-order valence-corrected chi connectivity index (χ4v) is 0.931. The fourth-order valence-electron chi connectivity index (χ4n) is 0.705. The molecule has 0 spiro atoms. The maximum Gasteiger partial charge on any atom is 0.0408 e. The molecule has 0 unspecified atom stereocenters. The molecule has 0 saturated heterocycles. The number of benzene rings is 1. The summed E-state index contributed by atoms with van der Waals surface area (Å²) in [4.78, 5) is 0. The number of aryl methyl sites for hydroxylation is 2. The Hall–Kier alpha value is -0.750. The third-order valence-corrected chi connectivity index (χ3v) is 1.70. The molecule has 0 heterocycles. The number of halogens is 1. The van der Waals surface area contributed by atoms with E-state index in [1.165, 1.54) is 11.1 Å². The Morgan fingerprint density at radius 3 is 2.00 bits per heavy atom. The van der Waals surface area contributed by atoms with Crippen molar-refractivity contribution < 1.29 is 0 Å². The van der Waals surface area contributed by atoms with Crippen LogP contribution in [0, 0.1) is 13.8 Å². The first-order chi connectivity index (χ1) is 5.20. The van der Waals surface area contributed by atoms with Crippen molar-refractivity contribution in [2.45, 2.75) is 13.8 Å². The predicted molar refractivity (Wildman–Crippen MR) is 52.2 cm³/mol. The molecule has 1 heteroatoms. The van der Waals surface area contributed by atoms with E-state index in [0.29, 0.717) is 0 Å². The van der Waals surface area contributed by atoms with Gasteiger partial charge in [0.15, 0.2) is 0 Å². The first-order valence-electron chi connectivity index (χ1n) is 3.43. The Balaban J connectivity index is 0.000000461. The number of hydrogen-bond acceptors (Lipinski definition) is 0. The van der Waals surface area contributed by atoms with Gasteiger partial charge in [-0.05, 0) is 37.1 Å². The van der Waals surface area contributed by atoms with Crippen molar-refractivity contribution >= 4 is 11.6 Å². The van der Waals surface area contributed by atoms with Gasteiger partial charge in [0, 0.05) is 5.02 Å². The fraction of sp³-hybridized carbons (Fsp3) is 0.200. The molecule has 0 saturated carbocycles. The van der Waals surface area contributed by atoms with Crippen LogP contribution < -0.4 is 0 Å². The number of rotatable bonds is 0. The smallest absolute Gasteiger partial charge is 0.0408 e. The zero-order chi connectivity index (χ0) is 8.85. The van der Waals surface area contributed by atoms with E-state index in [0.717, 1.165) is 5.02 Å². The Morgan fingerprint density at radius 1 is 1.09 bits per heavy atom. The second kappa shape index (κ2) is 4.97. The second-order valence-electron chi connectivity index (χ2n) is 2.23. The van der Waals surface area contributed by atoms with Crippen molar-refractivity contribution in [3.63, 3.8) is 0 Å². The van der Waals surface area contributed by atoms with Gasteiger partial charge in [0.1, 0.15) is 0 Å². The standard InChI is InChI=1S/C8H9Cl.C2H4/c1-6-3-4-8(9)5-7(6)2;1-2/h3-5H,1-2H3;1-2H2. The van der Waals surface area contributed by atoms with Crippen LogP contribution in [0.4, 0.5) is 0 Å². The van der Waals surface area contributed by atoms with Crippen molar-refractivity contribution in [2.75, 3.05) is 0 Å².